The SMILES string of the molecule is COc1ccc(S(=O)(=O)N(CC(=O)N/N=C\c2ccc(OCCC(C)C)cc2)c2ccc(F)cc2)cc1OC. The highest BCUT2D eigenvalue weighted by Gasteiger charge is 2.28. The number of rotatable bonds is 13. The number of hydrogen-bond donors (Lipinski definition) is 1. The topological polar surface area (TPSA) is 107 Å². The molecule has 3 aromatic rings. The number of sulfonamides is 1. The third kappa shape index (κ3) is 8.18. The minimum atomic E-state index is -4.27. The first kappa shape index (κ1) is 29.4. The van der Waals surface area contributed by atoms with E-state index in [0.717, 1.165) is 28.6 Å². The fourth-order valence-corrected chi connectivity index (χ4v) is 4.87. The molecular formula is C28H32FN3O6S. The first-order valence-corrected chi connectivity index (χ1v) is 13.6. The van der Waals surface area contributed by atoms with Gasteiger partial charge in [-0.2, -0.15) is 5.10 Å². The Morgan fingerprint density at radius 2 is 1.67 bits per heavy atom. The molecular weight excluding hydrogens is 525 g/mol. The minimum Gasteiger partial charge on any atom is -0.494 e. The summed E-state index contributed by atoms with van der Waals surface area (Å²) >= 11 is 0. The van der Waals surface area contributed by atoms with Crippen molar-refractivity contribution >= 4 is 27.8 Å². The third-order valence-corrected chi connectivity index (χ3v) is 7.36. The molecule has 0 aliphatic heterocycles. The number of anilines is 1. The van der Waals surface area contributed by atoms with Crippen LogP contribution in [0.5, 0.6) is 17.2 Å². The number of nitrogens with zero attached hydrogens (tertiary/aromatic N) is 2. The number of carbonyl (C=O) groups excluding carboxylic acids is 1. The van der Waals surface area contributed by atoms with Crippen LogP contribution in [-0.2, 0) is 14.8 Å². The Balaban J connectivity index is 1.75. The van der Waals surface area contributed by atoms with Gasteiger partial charge in [0.1, 0.15) is 18.1 Å². The molecule has 3 rings (SSSR count). The van der Waals surface area contributed by atoms with Gasteiger partial charge < -0.3 is 14.2 Å². The van der Waals surface area contributed by atoms with Gasteiger partial charge in [-0.3, -0.25) is 9.10 Å². The Morgan fingerprint density at radius 1 is 1.00 bits per heavy atom. The summed E-state index contributed by atoms with van der Waals surface area (Å²) in [6, 6.07) is 16.0. The van der Waals surface area contributed by atoms with Crippen molar-refractivity contribution in [2.24, 2.45) is 11.0 Å². The molecule has 0 aliphatic carbocycles. The molecule has 0 fully saturated rings. The van der Waals surface area contributed by atoms with Crippen LogP contribution in [0.3, 0.4) is 0 Å². The number of ether oxygens (including phenoxy) is 3. The molecule has 39 heavy (non-hydrogen) atoms. The number of amides is 1. The lowest BCUT2D eigenvalue weighted by Crippen LogP contribution is -2.39. The van der Waals surface area contributed by atoms with E-state index in [4.69, 9.17) is 14.2 Å². The standard InChI is InChI=1S/C28H32FN3O6S/c1-20(2)15-16-38-24-11-5-21(6-12-24)18-30-31-28(33)19-32(23-9-7-22(29)8-10-23)39(34,35)25-13-14-26(36-3)27(17-25)37-4/h5-14,17-18,20H,15-16,19H2,1-4H3,(H,31,33)/b30-18-. The summed E-state index contributed by atoms with van der Waals surface area (Å²) in [7, 11) is -1.46. The Bertz CT molecular complexity index is 1380. The molecule has 0 atom stereocenters. The normalized spacial score (nSPS) is 11.4. The third-order valence-electron chi connectivity index (χ3n) is 5.59. The van der Waals surface area contributed by atoms with E-state index in [1.54, 1.807) is 24.3 Å². The summed E-state index contributed by atoms with van der Waals surface area (Å²) in [5.41, 5.74) is 3.15. The van der Waals surface area contributed by atoms with Crippen LogP contribution in [-0.4, -0.2) is 47.9 Å². The Hall–Kier alpha value is -4.12. The lowest BCUT2D eigenvalue weighted by atomic mass is 10.1. The molecule has 0 aliphatic rings. The van der Waals surface area contributed by atoms with Crippen molar-refractivity contribution in [1.29, 1.82) is 0 Å². The van der Waals surface area contributed by atoms with Gasteiger partial charge in [0.25, 0.3) is 15.9 Å². The molecule has 11 heteroatoms. The van der Waals surface area contributed by atoms with Crippen LogP contribution in [0.4, 0.5) is 10.1 Å². The Labute approximate surface area is 228 Å². The van der Waals surface area contributed by atoms with Gasteiger partial charge in [-0.15, -0.1) is 0 Å². The maximum absolute atomic E-state index is 13.6. The van der Waals surface area contributed by atoms with Crippen molar-refractivity contribution in [2.45, 2.75) is 25.2 Å². The quantitative estimate of drug-likeness (QED) is 0.243. The predicted molar refractivity (Wildman–Crippen MR) is 148 cm³/mol. The van der Waals surface area contributed by atoms with Crippen molar-refractivity contribution in [1.82, 2.24) is 5.43 Å². The van der Waals surface area contributed by atoms with Crippen molar-refractivity contribution in [3.8, 4) is 17.2 Å². The molecule has 0 radical (unpaired) electrons. The number of benzene rings is 3. The first-order chi connectivity index (χ1) is 18.6. The van der Waals surface area contributed by atoms with Crippen LogP contribution in [0, 0.1) is 11.7 Å². The van der Waals surface area contributed by atoms with Crippen LogP contribution in [0.25, 0.3) is 0 Å². The largest absolute Gasteiger partial charge is 0.494 e. The van der Waals surface area contributed by atoms with E-state index < -0.39 is 28.3 Å². The summed E-state index contributed by atoms with van der Waals surface area (Å²) in [4.78, 5) is 12.6. The van der Waals surface area contributed by atoms with E-state index in [9.17, 15) is 17.6 Å². The van der Waals surface area contributed by atoms with Crippen LogP contribution < -0.4 is 23.9 Å². The second-order valence-electron chi connectivity index (χ2n) is 8.90. The first-order valence-electron chi connectivity index (χ1n) is 12.2. The molecule has 0 bridgehead atoms. The fourth-order valence-electron chi connectivity index (χ4n) is 3.43. The highest BCUT2D eigenvalue weighted by Crippen LogP contribution is 2.32. The molecule has 9 nitrogen and oxygen atoms in total. The van der Waals surface area contributed by atoms with E-state index in [1.807, 2.05) is 0 Å². The van der Waals surface area contributed by atoms with Gasteiger partial charge in [0.15, 0.2) is 11.5 Å². The van der Waals surface area contributed by atoms with E-state index >= 15 is 0 Å². The van der Waals surface area contributed by atoms with Crippen molar-refractivity contribution in [3.05, 3.63) is 78.1 Å². The monoisotopic (exact) mass is 557 g/mol. The highest BCUT2D eigenvalue weighted by atomic mass is 32.2. The van der Waals surface area contributed by atoms with Gasteiger partial charge in [-0.25, -0.2) is 18.2 Å². The number of methoxy groups -OCH3 is 2. The van der Waals surface area contributed by atoms with Crippen LogP contribution in [0.1, 0.15) is 25.8 Å². The molecule has 1 amide bonds. The van der Waals surface area contributed by atoms with E-state index in [2.05, 4.69) is 24.4 Å². The van der Waals surface area contributed by atoms with Gasteiger partial charge in [-0.1, -0.05) is 13.8 Å². The molecule has 208 valence electrons. The molecule has 0 saturated carbocycles. The zero-order valence-corrected chi connectivity index (χ0v) is 23.1. The van der Waals surface area contributed by atoms with E-state index in [-0.39, 0.29) is 16.3 Å². The summed E-state index contributed by atoms with van der Waals surface area (Å²) in [5, 5.41) is 3.94. The summed E-state index contributed by atoms with van der Waals surface area (Å²) in [6.45, 7) is 4.27. The lowest BCUT2D eigenvalue weighted by Gasteiger charge is -2.24. The average molecular weight is 558 g/mol. The van der Waals surface area contributed by atoms with Gasteiger partial charge in [0, 0.05) is 6.07 Å². The van der Waals surface area contributed by atoms with Crippen LogP contribution in [0.15, 0.2) is 76.7 Å². The van der Waals surface area contributed by atoms with Crippen LogP contribution >= 0.6 is 0 Å². The number of hydrazone groups is 1. The predicted octanol–water partition coefficient (Wildman–Crippen LogP) is 4.61. The summed E-state index contributed by atoms with van der Waals surface area (Å²) < 4.78 is 57.6. The molecule has 0 saturated heterocycles. The van der Waals surface area contributed by atoms with E-state index in [0.29, 0.717) is 23.8 Å². The van der Waals surface area contributed by atoms with Gasteiger partial charge in [0.2, 0.25) is 0 Å². The fraction of sp³-hybridized carbons (Fsp3) is 0.286. The van der Waals surface area contributed by atoms with Gasteiger partial charge in [-0.05, 0) is 78.6 Å². The smallest absolute Gasteiger partial charge is 0.264 e. The van der Waals surface area contributed by atoms with Gasteiger partial charge >= 0.3 is 0 Å². The maximum atomic E-state index is 13.6. The second kappa shape index (κ2) is 13.6. The molecule has 1 N–H and O–H groups in total. The van der Waals surface area contributed by atoms with Crippen molar-refractivity contribution in [3.63, 3.8) is 0 Å². The van der Waals surface area contributed by atoms with E-state index in [1.165, 1.54) is 50.8 Å². The summed E-state index contributed by atoms with van der Waals surface area (Å²) in [6.07, 6.45) is 2.38. The average Bonchev–Trinajstić information content (AvgIpc) is 2.92. The van der Waals surface area contributed by atoms with Crippen molar-refractivity contribution in [2.75, 3.05) is 31.7 Å². The Kier molecular flexibility index (Phi) is 10.3. The zero-order valence-electron chi connectivity index (χ0n) is 22.3. The minimum absolute atomic E-state index is 0.0957. The highest BCUT2D eigenvalue weighted by molar-refractivity contribution is 7.92. The lowest BCUT2D eigenvalue weighted by molar-refractivity contribution is -0.119. The zero-order chi connectivity index (χ0) is 28.4. The van der Waals surface area contributed by atoms with Gasteiger partial charge in [0.05, 0.1) is 37.6 Å². The number of carbonyl (C=O) groups is 1. The summed E-state index contributed by atoms with van der Waals surface area (Å²) in [5.74, 6) is 0.566. The number of nitrogens with one attached hydrogen (secondary N) is 1. The molecule has 0 spiro atoms. The molecule has 0 aromatic heterocycles. The van der Waals surface area contributed by atoms with Crippen molar-refractivity contribution < 1.29 is 31.8 Å². The Morgan fingerprint density at radius 3 is 2.28 bits per heavy atom. The molecule has 3 aromatic carbocycles. The molecule has 0 heterocycles. The number of hydrogen-bond acceptors (Lipinski definition) is 7. The number of halogens is 1. The second-order valence-corrected chi connectivity index (χ2v) is 10.8. The maximum Gasteiger partial charge on any atom is 0.264 e. The van der Waals surface area contributed by atoms with Crippen LogP contribution in [0.2, 0.25) is 0 Å². The molecule has 0 unspecified atom stereocenters.